The van der Waals surface area contributed by atoms with E-state index in [1.54, 1.807) is 6.20 Å². The maximum Gasteiger partial charge on any atom is 0.310 e. The summed E-state index contributed by atoms with van der Waals surface area (Å²) in [7, 11) is 1.43. The van der Waals surface area contributed by atoms with Gasteiger partial charge >= 0.3 is 5.97 Å². The summed E-state index contributed by atoms with van der Waals surface area (Å²) < 4.78 is 4.78. The second-order valence-electron chi connectivity index (χ2n) is 4.33. The molecule has 1 aromatic rings. The SMILES string of the molecule is COC(=O)C(CNCc1ccccn1)C(C)C. The van der Waals surface area contributed by atoms with Crippen LogP contribution in [0.3, 0.4) is 0 Å². The predicted molar refractivity (Wildman–Crippen MR) is 66.3 cm³/mol. The third-order valence-electron chi connectivity index (χ3n) is 2.71. The number of ether oxygens (including phenoxy) is 1. The highest BCUT2D eigenvalue weighted by molar-refractivity contribution is 5.72. The van der Waals surface area contributed by atoms with Gasteiger partial charge in [0.15, 0.2) is 0 Å². The Morgan fingerprint density at radius 2 is 2.24 bits per heavy atom. The van der Waals surface area contributed by atoms with E-state index in [9.17, 15) is 4.79 Å². The molecule has 94 valence electrons. The molecule has 1 heterocycles. The third kappa shape index (κ3) is 4.53. The lowest BCUT2D eigenvalue weighted by Crippen LogP contribution is -2.32. The van der Waals surface area contributed by atoms with Gasteiger partial charge < -0.3 is 10.1 Å². The number of carbonyl (C=O) groups excluding carboxylic acids is 1. The van der Waals surface area contributed by atoms with E-state index in [4.69, 9.17) is 4.74 Å². The molecule has 4 heteroatoms. The van der Waals surface area contributed by atoms with Crippen LogP contribution in [0.15, 0.2) is 24.4 Å². The van der Waals surface area contributed by atoms with Gasteiger partial charge in [0.1, 0.15) is 0 Å². The molecule has 1 unspecified atom stereocenters. The van der Waals surface area contributed by atoms with Crippen molar-refractivity contribution in [3.05, 3.63) is 30.1 Å². The highest BCUT2D eigenvalue weighted by Crippen LogP contribution is 2.11. The summed E-state index contributed by atoms with van der Waals surface area (Å²) >= 11 is 0. The summed E-state index contributed by atoms with van der Waals surface area (Å²) in [4.78, 5) is 15.7. The molecule has 0 aliphatic carbocycles. The van der Waals surface area contributed by atoms with Gasteiger partial charge in [0.05, 0.1) is 18.7 Å². The molecule has 0 fully saturated rings. The van der Waals surface area contributed by atoms with E-state index in [0.29, 0.717) is 13.1 Å². The first-order valence-electron chi connectivity index (χ1n) is 5.83. The van der Waals surface area contributed by atoms with E-state index in [1.807, 2.05) is 32.0 Å². The Bertz CT molecular complexity index is 339. The Labute approximate surface area is 102 Å². The Kier molecular flexibility index (Phi) is 5.63. The highest BCUT2D eigenvalue weighted by Gasteiger charge is 2.22. The molecule has 0 amide bonds. The van der Waals surface area contributed by atoms with Gasteiger partial charge in [-0.1, -0.05) is 19.9 Å². The zero-order chi connectivity index (χ0) is 12.7. The zero-order valence-electron chi connectivity index (χ0n) is 10.6. The number of hydrogen-bond acceptors (Lipinski definition) is 4. The molecular formula is C13H20N2O2. The molecule has 0 aliphatic rings. The molecule has 0 saturated carbocycles. The van der Waals surface area contributed by atoms with Gasteiger partial charge in [-0.2, -0.15) is 0 Å². The summed E-state index contributed by atoms with van der Waals surface area (Å²) in [6.07, 6.45) is 1.76. The molecule has 0 bridgehead atoms. The molecule has 0 saturated heterocycles. The number of methoxy groups -OCH3 is 1. The lowest BCUT2D eigenvalue weighted by Gasteiger charge is -2.18. The fourth-order valence-corrected chi connectivity index (χ4v) is 1.60. The fraction of sp³-hybridized carbons (Fsp3) is 0.538. The van der Waals surface area contributed by atoms with Crippen molar-refractivity contribution in [3.8, 4) is 0 Å². The molecule has 0 aliphatic heterocycles. The number of aromatic nitrogens is 1. The average Bonchev–Trinajstić information content (AvgIpc) is 2.34. The van der Waals surface area contributed by atoms with Crippen molar-refractivity contribution in [2.24, 2.45) is 11.8 Å². The van der Waals surface area contributed by atoms with Crippen LogP contribution < -0.4 is 5.32 Å². The van der Waals surface area contributed by atoms with Crippen molar-refractivity contribution in [3.63, 3.8) is 0 Å². The van der Waals surface area contributed by atoms with E-state index >= 15 is 0 Å². The normalized spacial score (nSPS) is 12.5. The lowest BCUT2D eigenvalue weighted by molar-refractivity contribution is -0.146. The molecule has 1 rings (SSSR count). The van der Waals surface area contributed by atoms with Gasteiger partial charge in [-0.05, 0) is 18.1 Å². The number of carbonyl (C=O) groups is 1. The van der Waals surface area contributed by atoms with Crippen molar-refractivity contribution in [2.45, 2.75) is 20.4 Å². The quantitative estimate of drug-likeness (QED) is 0.762. The summed E-state index contributed by atoms with van der Waals surface area (Å²) in [6.45, 7) is 5.32. The molecular weight excluding hydrogens is 216 g/mol. The summed E-state index contributed by atoms with van der Waals surface area (Å²) in [6, 6.07) is 5.79. The standard InChI is InChI=1S/C13H20N2O2/c1-10(2)12(13(16)17-3)9-14-8-11-6-4-5-7-15-11/h4-7,10,12,14H,8-9H2,1-3H3. The van der Waals surface area contributed by atoms with Crippen LogP contribution in [0.5, 0.6) is 0 Å². The Morgan fingerprint density at radius 3 is 2.76 bits per heavy atom. The Hall–Kier alpha value is -1.42. The maximum absolute atomic E-state index is 11.5. The average molecular weight is 236 g/mol. The van der Waals surface area contributed by atoms with Gasteiger partial charge in [0, 0.05) is 19.3 Å². The summed E-state index contributed by atoms with van der Waals surface area (Å²) in [5, 5.41) is 3.24. The van der Waals surface area contributed by atoms with Crippen molar-refractivity contribution < 1.29 is 9.53 Å². The largest absolute Gasteiger partial charge is 0.469 e. The highest BCUT2D eigenvalue weighted by atomic mass is 16.5. The second kappa shape index (κ2) is 7.01. The molecule has 1 atom stereocenters. The minimum Gasteiger partial charge on any atom is -0.469 e. The van der Waals surface area contributed by atoms with Crippen LogP contribution in [0.4, 0.5) is 0 Å². The smallest absolute Gasteiger partial charge is 0.310 e. The Morgan fingerprint density at radius 1 is 1.47 bits per heavy atom. The van der Waals surface area contributed by atoms with E-state index < -0.39 is 0 Å². The molecule has 4 nitrogen and oxygen atoms in total. The summed E-state index contributed by atoms with van der Waals surface area (Å²) in [5.41, 5.74) is 0.972. The number of nitrogens with one attached hydrogen (secondary N) is 1. The van der Waals surface area contributed by atoms with Crippen LogP contribution in [0.25, 0.3) is 0 Å². The molecule has 17 heavy (non-hydrogen) atoms. The number of hydrogen-bond donors (Lipinski definition) is 1. The van der Waals surface area contributed by atoms with Crippen LogP contribution in [0.1, 0.15) is 19.5 Å². The van der Waals surface area contributed by atoms with Crippen molar-refractivity contribution in [2.75, 3.05) is 13.7 Å². The van der Waals surface area contributed by atoms with Gasteiger partial charge in [-0.3, -0.25) is 9.78 Å². The monoisotopic (exact) mass is 236 g/mol. The molecule has 1 N–H and O–H groups in total. The minimum absolute atomic E-state index is 0.108. The van der Waals surface area contributed by atoms with E-state index in [-0.39, 0.29) is 17.8 Å². The van der Waals surface area contributed by atoms with Crippen LogP contribution in [0.2, 0.25) is 0 Å². The zero-order valence-corrected chi connectivity index (χ0v) is 10.6. The molecule has 1 aromatic heterocycles. The van der Waals surface area contributed by atoms with Gasteiger partial charge in [-0.25, -0.2) is 0 Å². The molecule has 0 spiro atoms. The lowest BCUT2D eigenvalue weighted by atomic mass is 9.96. The van der Waals surface area contributed by atoms with E-state index in [2.05, 4.69) is 10.3 Å². The first kappa shape index (κ1) is 13.6. The second-order valence-corrected chi connectivity index (χ2v) is 4.33. The van der Waals surface area contributed by atoms with E-state index in [0.717, 1.165) is 5.69 Å². The fourth-order valence-electron chi connectivity index (χ4n) is 1.60. The van der Waals surface area contributed by atoms with Crippen LogP contribution >= 0.6 is 0 Å². The topological polar surface area (TPSA) is 51.2 Å². The number of pyridine rings is 1. The predicted octanol–water partition coefficient (Wildman–Crippen LogP) is 1.62. The van der Waals surface area contributed by atoms with E-state index in [1.165, 1.54) is 7.11 Å². The van der Waals surface area contributed by atoms with Gasteiger partial charge in [-0.15, -0.1) is 0 Å². The van der Waals surface area contributed by atoms with Gasteiger partial charge in [0.25, 0.3) is 0 Å². The number of nitrogens with zero attached hydrogens (tertiary/aromatic N) is 1. The first-order chi connectivity index (χ1) is 8.15. The van der Waals surface area contributed by atoms with Crippen molar-refractivity contribution in [1.82, 2.24) is 10.3 Å². The molecule has 0 aromatic carbocycles. The third-order valence-corrected chi connectivity index (χ3v) is 2.71. The van der Waals surface area contributed by atoms with Crippen LogP contribution in [-0.2, 0) is 16.1 Å². The minimum atomic E-state index is -0.159. The first-order valence-corrected chi connectivity index (χ1v) is 5.83. The summed E-state index contributed by atoms with van der Waals surface area (Å²) in [5.74, 6) is -0.00378. The van der Waals surface area contributed by atoms with Gasteiger partial charge in [0.2, 0.25) is 0 Å². The van der Waals surface area contributed by atoms with Crippen LogP contribution in [0, 0.1) is 11.8 Å². The van der Waals surface area contributed by atoms with Crippen molar-refractivity contribution in [1.29, 1.82) is 0 Å². The van der Waals surface area contributed by atoms with Crippen molar-refractivity contribution >= 4 is 5.97 Å². The Balaban J connectivity index is 2.40. The number of esters is 1. The maximum atomic E-state index is 11.5. The number of rotatable bonds is 6. The van der Waals surface area contributed by atoms with Crippen LogP contribution in [-0.4, -0.2) is 24.6 Å². The molecule has 0 radical (unpaired) electrons.